The molecule has 0 saturated heterocycles. The van der Waals surface area contributed by atoms with Gasteiger partial charge >= 0.3 is 29.6 Å². The van der Waals surface area contributed by atoms with Crippen LogP contribution >= 0.6 is 0 Å². The molecular formula is C10H12N3NaO3S. The average molecular weight is 277 g/mol. The van der Waals surface area contributed by atoms with E-state index < -0.39 is 10.1 Å². The van der Waals surface area contributed by atoms with Gasteiger partial charge in [0, 0.05) is 12.3 Å². The topological polar surface area (TPSA) is 87.9 Å². The summed E-state index contributed by atoms with van der Waals surface area (Å²) >= 11 is 0. The van der Waals surface area contributed by atoms with Crippen LogP contribution in [0.25, 0.3) is 11.0 Å². The Morgan fingerprint density at radius 2 is 1.94 bits per heavy atom. The largest absolute Gasteiger partial charge is 1.00 e. The molecule has 0 bridgehead atoms. The third-order valence-corrected chi connectivity index (χ3v) is 3.22. The van der Waals surface area contributed by atoms with E-state index in [2.05, 4.69) is 10.3 Å². The molecule has 0 aliphatic heterocycles. The quantitative estimate of drug-likeness (QED) is 0.350. The van der Waals surface area contributed by atoms with Crippen molar-refractivity contribution in [3.63, 3.8) is 0 Å². The second-order valence-electron chi connectivity index (χ2n) is 3.77. The van der Waals surface area contributed by atoms with Crippen molar-refractivity contribution in [2.45, 2.75) is 19.4 Å². The Bertz CT molecular complexity index is 612. The molecule has 0 fully saturated rings. The van der Waals surface area contributed by atoms with Crippen molar-refractivity contribution in [3.05, 3.63) is 24.3 Å². The molecule has 0 radical (unpaired) electrons. The van der Waals surface area contributed by atoms with E-state index in [0.717, 1.165) is 11.0 Å². The molecule has 0 spiro atoms. The third-order valence-electron chi connectivity index (χ3n) is 2.43. The molecule has 6 nitrogen and oxygen atoms in total. The minimum absolute atomic E-state index is 0. The van der Waals surface area contributed by atoms with Gasteiger partial charge in [-0.3, -0.25) is 0 Å². The summed E-state index contributed by atoms with van der Waals surface area (Å²) in [6.07, 6.45) is 0.939. The fourth-order valence-electron chi connectivity index (χ4n) is 1.62. The van der Waals surface area contributed by atoms with E-state index >= 15 is 0 Å². The number of rotatable bonds is 5. The fraction of sp³-hybridized carbons (Fsp3) is 0.400. The second-order valence-corrected chi connectivity index (χ2v) is 5.29. The zero-order chi connectivity index (χ0) is 12.3. The van der Waals surface area contributed by atoms with Crippen LogP contribution in [0.3, 0.4) is 0 Å². The molecule has 2 aromatic rings. The minimum atomic E-state index is -4.10. The molecule has 0 unspecified atom stereocenters. The molecule has 1 heterocycles. The molecular weight excluding hydrogens is 265 g/mol. The van der Waals surface area contributed by atoms with Crippen LogP contribution in [0.2, 0.25) is 0 Å². The Kier molecular flexibility index (Phi) is 5.74. The van der Waals surface area contributed by atoms with Crippen molar-refractivity contribution in [2.24, 2.45) is 0 Å². The number of nitrogens with zero attached hydrogens (tertiary/aromatic N) is 3. The van der Waals surface area contributed by atoms with Gasteiger partial charge in [0.2, 0.25) is 0 Å². The molecule has 0 aliphatic carbocycles. The normalized spacial score (nSPS) is 11.4. The van der Waals surface area contributed by atoms with Crippen LogP contribution in [-0.4, -0.2) is 33.7 Å². The Balaban J connectivity index is 0.00000162. The summed E-state index contributed by atoms with van der Waals surface area (Å²) in [4.78, 5) is 0. The molecule has 8 heteroatoms. The minimum Gasteiger partial charge on any atom is -0.748 e. The molecule has 0 atom stereocenters. The second kappa shape index (κ2) is 6.63. The first-order valence-corrected chi connectivity index (χ1v) is 6.86. The first-order valence-electron chi connectivity index (χ1n) is 5.28. The maximum Gasteiger partial charge on any atom is 1.00 e. The SMILES string of the molecule is O=S(=O)([O-])CCCCn1nnc2ccccc21.[Na+]. The van der Waals surface area contributed by atoms with Crippen molar-refractivity contribution in [1.82, 2.24) is 15.0 Å². The number of para-hydroxylation sites is 1. The number of hydrogen-bond acceptors (Lipinski definition) is 5. The molecule has 92 valence electrons. The van der Waals surface area contributed by atoms with Gasteiger partial charge in [0.15, 0.2) is 0 Å². The van der Waals surface area contributed by atoms with Gasteiger partial charge in [-0.15, -0.1) is 5.10 Å². The summed E-state index contributed by atoms with van der Waals surface area (Å²) in [5, 5.41) is 7.95. The van der Waals surface area contributed by atoms with E-state index in [-0.39, 0.29) is 35.3 Å². The number of aryl methyl sites for hydroxylation is 1. The first-order chi connectivity index (χ1) is 8.06. The van der Waals surface area contributed by atoms with E-state index in [1.165, 1.54) is 0 Å². The number of hydrogen-bond donors (Lipinski definition) is 0. The first kappa shape index (κ1) is 15.6. The summed E-state index contributed by atoms with van der Waals surface area (Å²) in [6, 6.07) is 7.54. The van der Waals surface area contributed by atoms with Gasteiger partial charge < -0.3 is 4.55 Å². The molecule has 0 N–H and O–H groups in total. The van der Waals surface area contributed by atoms with Crippen LogP contribution in [-0.2, 0) is 16.7 Å². The summed E-state index contributed by atoms with van der Waals surface area (Å²) in [5.74, 6) is -0.320. The summed E-state index contributed by atoms with van der Waals surface area (Å²) in [7, 11) is -4.10. The van der Waals surface area contributed by atoms with E-state index in [1.807, 2.05) is 24.3 Å². The standard InChI is InChI=1S/C10H13N3O3S.Na/c14-17(15,16)8-4-3-7-13-10-6-2-1-5-9(10)11-12-13;/h1-2,5-6H,3-4,7-8H2,(H,14,15,16);/q;+1/p-1. The van der Waals surface area contributed by atoms with Gasteiger partial charge in [-0.1, -0.05) is 17.3 Å². The maximum absolute atomic E-state index is 10.4. The van der Waals surface area contributed by atoms with Crippen molar-refractivity contribution < 1.29 is 42.5 Å². The van der Waals surface area contributed by atoms with Crippen LogP contribution in [0.4, 0.5) is 0 Å². The Morgan fingerprint density at radius 3 is 2.67 bits per heavy atom. The molecule has 0 saturated carbocycles. The summed E-state index contributed by atoms with van der Waals surface area (Å²) < 4.78 is 33.0. The van der Waals surface area contributed by atoms with Crippen LogP contribution in [0.15, 0.2) is 24.3 Å². The monoisotopic (exact) mass is 277 g/mol. The molecule has 18 heavy (non-hydrogen) atoms. The number of fused-ring (bicyclic) bond motifs is 1. The van der Waals surface area contributed by atoms with Gasteiger partial charge in [0.05, 0.1) is 15.6 Å². The van der Waals surface area contributed by atoms with Gasteiger partial charge in [-0.25, -0.2) is 13.1 Å². The van der Waals surface area contributed by atoms with Gasteiger partial charge in [-0.05, 0) is 25.0 Å². The zero-order valence-corrected chi connectivity index (χ0v) is 12.9. The van der Waals surface area contributed by atoms with E-state index in [1.54, 1.807) is 4.68 Å². The maximum atomic E-state index is 10.4. The Labute approximate surface area is 127 Å². The number of unbranched alkanes of at least 4 members (excludes halogenated alkanes) is 1. The van der Waals surface area contributed by atoms with Crippen molar-refractivity contribution in [3.8, 4) is 0 Å². The van der Waals surface area contributed by atoms with E-state index in [0.29, 0.717) is 19.4 Å². The Hall–Kier alpha value is -0.470. The molecule has 2 rings (SSSR count). The van der Waals surface area contributed by atoms with Crippen LogP contribution in [0.5, 0.6) is 0 Å². The van der Waals surface area contributed by atoms with Crippen molar-refractivity contribution in [1.29, 1.82) is 0 Å². The van der Waals surface area contributed by atoms with Gasteiger partial charge in [0.25, 0.3) is 0 Å². The van der Waals surface area contributed by atoms with Gasteiger partial charge in [0.1, 0.15) is 5.52 Å². The van der Waals surface area contributed by atoms with Crippen LogP contribution in [0, 0.1) is 0 Å². The zero-order valence-electron chi connectivity index (χ0n) is 10.1. The van der Waals surface area contributed by atoms with E-state index in [9.17, 15) is 13.0 Å². The third kappa shape index (κ3) is 4.33. The number of aromatic nitrogens is 3. The average Bonchev–Trinajstić information content (AvgIpc) is 2.67. The predicted molar refractivity (Wildman–Crippen MR) is 61.3 cm³/mol. The molecule has 0 aliphatic rings. The van der Waals surface area contributed by atoms with Crippen LogP contribution in [0.1, 0.15) is 12.8 Å². The number of benzene rings is 1. The Morgan fingerprint density at radius 1 is 1.22 bits per heavy atom. The fourth-order valence-corrected chi connectivity index (χ4v) is 2.18. The molecule has 1 aromatic carbocycles. The summed E-state index contributed by atoms with van der Waals surface area (Å²) in [6.45, 7) is 0.566. The van der Waals surface area contributed by atoms with Crippen molar-refractivity contribution >= 4 is 21.2 Å². The van der Waals surface area contributed by atoms with Crippen LogP contribution < -0.4 is 29.6 Å². The molecule has 0 amide bonds. The van der Waals surface area contributed by atoms with Gasteiger partial charge in [-0.2, -0.15) is 0 Å². The van der Waals surface area contributed by atoms with E-state index in [4.69, 9.17) is 0 Å². The molecule has 1 aromatic heterocycles. The summed E-state index contributed by atoms with van der Waals surface area (Å²) in [5.41, 5.74) is 1.72. The smallest absolute Gasteiger partial charge is 0.748 e. The predicted octanol–water partition coefficient (Wildman–Crippen LogP) is -2.24. The van der Waals surface area contributed by atoms with Crippen molar-refractivity contribution in [2.75, 3.05) is 5.75 Å².